The first-order valence-corrected chi connectivity index (χ1v) is 3.61. The predicted molar refractivity (Wildman–Crippen MR) is 46.2 cm³/mol. The maximum atomic E-state index is 4.68. The Labute approximate surface area is 71.1 Å². The lowest BCUT2D eigenvalue weighted by Gasteiger charge is -1.57. The summed E-state index contributed by atoms with van der Waals surface area (Å²) in [7, 11) is 0. The number of hydrogen-bond acceptors (Lipinski definition) is 0. The summed E-state index contributed by atoms with van der Waals surface area (Å²) in [6, 6.07) is 11.1. The van der Waals surface area contributed by atoms with E-state index < -0.39 is 0 Å². The van der Waals surface area contributed by atoms with Gasteiger partial charge in [-0.05, 0) is 12.1 Å². The molecule has 2 aromatic rings. The molecule has 0 spiro atoms. The first-order chi connectivity index (χ1) is 6.00. The molecule has 0 aliphatic heterocycles. The van der Waals surface area contributed by atoms with E-state index >= 15 is 0 Å². The minimum Gasteiger partial charge on any atom is -0.224 e. The Hall–Kier alpha value is -1.70. The standard InChI is InChI=1S/2C5H5O/c2*1-2-4-6-5-3-1/h2*1-5H/q2*+1. The van der Waals surface area contributed by atoms with Crippen molar-refractivity contribution >= 4 is 0 Å². The zero-order valence-electron chi connectivity index (χ0n) is 6.59. The summed E-state index contributed by atoms with van der Waals surface area (Å²) in [5.41, 5.74) is 0. The maximum absolute atomic E-state index is 4.68. The van der Waals surface area contributed by atoms with Crippen LogP contribution in [-0.2, 0) is 0 Å². The van der Waals surface area contributed by atoms with Crippen LogP contribution in [0.4, 0.5) is 0 Å². The van der Waals surface area contributed by atoms with Gasteiger partial charge in [-0.3, -0.25) is 0 Å². The summed E-state index contributed by atoms with van der Waals surface area (Å²) in [5, 5.41) is 0. The highest BCUT2D eigenvalue weighted by atomic mass is 16.3. The molecule has 0 aliphatic carbocycles. The van der Waals surface area contributed by atoms with Crippen molar-refractivity contribution in [2.24, 2.45) is 0 Å². The predicted octanol–water partition coefficient (Wildman–Crippen LogP) is 3.12. The molecule has 2 rings (SSSR count). The van der Waals surface area contributed by atoms with Gasteiger partial charge in [0.2, 0.25) is 0 Å². The summed E-state index contributed by atoms with van der Waals surface area (Å²) in [6.45, 7) is 0. The van der Waals surface area contributed by atoms with Gasteiger partial charge in [-0.2, -0.15) is 0 Å². The van der Waals surface area contributed by atoms with Crippen molar-refractivity contribution in [3.8, 4) is 0 Å². The lowest BCUT2D eigenvalue weighted by molar-refractivity contribution is 0.550. The minimum atomic E-state index is 1.62. The lowest BCUT2D eigenvalue weighted by Crippen LogP contribution is -1.47. The molecule has 60 valence electrons. The molecule has 0 fully saturated rings. The topological polar surface area (TPSA) is 22.6 Å². The van der Waals surface area contributed by atoms with Crippen LogP contribution in [-0.4, -0.2) is 0 Å². The largest absolute Gasteiger partial charge is 0.317 e. The molecule has 2 heteroatoms. The van der Waals surface area contributed by atoms with Gasteiger partial charge in [-0.25, -0.2) is 8.83 Å². The lowest BCUT2D eigenvalue weighted by atomic mass is 10.6. The fourth-order valence-corrected chi connectivity index (χ4v) is 0.582. The van der Waals surface area contributed by atoms with Gasteiger partial charge < -0.3 is 0 Å². The van der Waals surface area contributed by atoms with Crippen LogP contribution in [0, 0.1) is 0 Å². The highest BCUT2D eigenvalue weighted by Gasteiger charge is 1.73. The van der Waals surface area contributed by atoms with E-state index in [-0.39, 0.29) is 0 Å². The Bertz CT molecular complexity index is 183. The third-order valence-corrected chi connectivity index (χ3v) is 1.07. The van der Waals surface area contributed by atoms with E-state index in [9.17, 15) is 0 Å². The molecule has 0 amide bonds. The van der Waals surface area contributed by atoms with E-state index in [0.717, 1.165) is 0 Å². The molecule has 12 heavy (non-hydrogen) atoms. The van der Waals surface area contributed by atoms with E-state index in [1.807, 2.05) is 36.4 Å². The Balaban J connectivity index is 0.000000120. The van der Waals surface area contributed by atoms with Gasteiger partial charge in [0.1, 0.15) is 0 Å². The van der Waals surface area contributed by atoms with Gasteiger partial charge in [-0.1, -0.05) is 0 Å². The molecular weight excluding hydrogens is 152 g/mol. The quantitative estimate of drug-likeness (QED) is 0.555. The Morgan fingerprint density at radius 1 is 0.417 bits per heavy atom. The van der Waals surface area contributed by atoms with E-state index in [2.05, 4.69) is 8.83 Å². The highest BCUT2D eigenvalue weighted by molar-refractivity contribution is 4.84. The molecule has 0 radical (unpaired) electrons. The summed E-state index contributed by atoms with van der Waals surface area (Å²) in [5.74, 6) is 0. The average molecular weight is 162 g/mol. The van der Waals surface area contributed by atoms with E-state index in [1.54, 1.807) is 25.1 Å². The molecule has 0 saturated heterocycles. The first-order valence-electron chi connectivity index (χ1n) is 3.61. The van der Waals surface area contributed by atoms with Crippen molar-refractivity contribution in [3.05, 3.63) is 61.5 Å². The molecule has 2 aromatic heterocycles. The van der Waals surface area contributed by atoms with Crippen LogP contribution in [0.3, 0.4) is 0 Å². The second-order valence-corrected chi connectivity index (χ2v) is 1.97. The molecule has 2 nitrogen and oxygen atoms in total. The van der Waals surface area contributed by atoms with Gasteiger partial charge in [-0.15, -0.1) is 0 Å². The zero-order valence-corrected chi connectivity index (χ0v) is 6.59. The van der Waals surface area contributed by atoms with Crippen LogP contribution in [0.1, 0.15) is 0 Å². The minimum absolute atomic E-state index is 1.62. The number of hydrogen-bond donors (Lipinski definition) is 0. The summed E-state index contributed by atoms with van der Waals surface area (Å²) in [6.07, 6.45) is 6.50. The Morgan fingerprint density at radius 3 is 0.833 bits per heavy atom. The van der Waals surface area contributed by atoms with Crippen LogP contribution in [0.2, 0.25) is 0 Å². The van der Waals surface area contributed by atoms with Crippen molar-refractivity contribution in [1.29, 1.82) is 0 Å². The molecule has 0 bridgehead atoms. The SMILES string of the molecule is c1cc[o+]cc1.c1cc[o+]cc1. The van der Waals surface area contributed by atoms with Crippen molar-refractivity contribution in [1.82, 2.24) is 0 Å². The molecule has 0 N–H and O–H groups in total. The molecule has 0 unspecified atom stereocenters. The molecular formula is C10H10O2+2. The third kappa shape index (κ3) is 4.17. The Morgan fingerprint density at radius 2 is 0.750 bits per heavy atom. The summed E-state index contributed by atoms with van der Waals surface area (Å²) >= 11 is 0. The van der Waals surface area contributed by atoms with Crippen molar-refractivity contribution in [3.63, 3.8) is 0 Å². The third-order valence-electron chi connectivity index (χ3n) is 1.07. The normalized spacial score (nSPS) is 8.00. The maximum Gasteiger partial charge on any atom is 0.317 e. The molecule has 0 aliphatic rings. The fourth-order valence-electron chi connectivity index (χ4n) is 0.582. The fraction of sp³-hybridized carbons (Fsp3) is 0. The van der Waals surface area contributed by atoms with Crippen LogP contribution in [0.5, 0.6) is 0 Å². The second kappa shape index (κ2) is 6.04. The summed E-state index contributed by atoms with van der Waals surface area (Å²) in [4.78, 5) is 0. The van der Waals surface area contributed by atoms with Gasteiger partial charge in [0, 0.05) is 24.3 Å². The first kappa shape index (κ1) is 8.40. The Kier molecular flexibility index (Phi) is 4.23. The van der Waals surface area contributed by atoms with Crippen molar-refractivity contribution in [2.75, 3.05) is 0 Å². The summed E-state index contributed by atoms with van der Waals surface area (Å²) < 4.78 is 9.35. The van der Waals surface area contributed by atoms with Crippen molar-refractivity contribution in [2.45, 2.75) is 0 Å². The molecule has 0 aromatic carbocycles. The van der Waals surface area contributed by atoms with Gasteiger partial charge in [0.05, 0.1) is 0 Å². The molecule has 0 saturated carbocycles. The van der Waals surface area contributed by atoms with Gasteiger partial charge >= 0.3 is 25.1 Å². The van der Waals surface area contributed by atoms with E-state index in [4.69, 9.17) is 0 Å². The van der Waals surface area contributed by atoms with Crippen LogP contribution < -0.4 is 0 Å². The van der Waals surface area contributed by atoms with Crippen LogP contribution in [0.25, 0.3) is 0 Å². The van der Waals surface area contributed by atoms with Gasteiger partial charge in [0.15, 0.2) is 0 Å². The van der Waals surface area contributed by atoms with E-state index in [1.165, 1.54) is 0 Å². The number of rotatable bonds is 0. The van der Waals surface area contributed by atoms with Gasteiger partial charge in [0.25, 0.3) is 0 Å². The average Bonchev–Trinajstić information content (AvgIpc) is 2.24. The van der Waals surface area contributed by atoms with Crippen LogP contribution in [0.15, 0.2) is 70.3 Å². The second-order valence-electron chi connectivity index (χ2n) is 1.97. The molecule has 0 atom stereocenters. The zero-order chi connectivity index (χ0) is 8.49. The highest BCUT2D eigenvalue weighted by Crippen LogP contribution is 1.80. The molecule has 2 heterocycles. The smallest absolute Gasteiger partial charge is 0.224 e. The van der Waals surface area contributed by atoms with Crippen LogP contribution >= 0.6 is 0 Å². The monoisotopic (exact) mass is 162 g/mol. The van der Waals surface area contributed by atoms with E-state index in [0.29, 0.717) is 0 Å². The van der Waals surface area contributed by atoms with Crippen molar-refractivity contribution < 1.29 is 8.83 Å².